The van der Waals surface area contributed by atoms with Crippen LogP contribution >= 0.6 is 0 Å². The molecule has 0 amide bonds. The average Bonchev–Trinajstić information content (AvgIpc) is 3.18. The molecule has 2 N–H and O–H groups in total. The second-order valence-corrected chi connectivity index (χ2v) is 6.64. The van der Waals surface area contributed by atoms with Gasteiger partial charge in [-0.2, -0.15) is 4.98 Å². The van der Waals surface area contributed by atoms with Gasteiger partial charge in [0.2, 0.25) is 11.8 Å². The number of nitrogens with zero attached hydrogens (tertiary/aromatic N) is 4. The zero-order valence-corrected chi connectivity index (χ0v) is 15.7. The van der Waals surface area contributed by atoms with Crippen molar-refractivity contribution in [2.24, 2.45) is 0 Å². The molecule has 8 heteroatoms. The summed E-state index contributed by atoms with van der Waals surface area (Å²) >= 11 is 0. The van der Waals surface area contributed by atoms with E-state index < -0.39 is 0 Å². The zero-order valence-electron chi connectivity index (χ0n) is 15.7. The highest BCUT2D eigenvalue weighted by molar-refractivity contribution is 5.74. The summed E-state index contributed by atoms with van der Waals surface area (Å²) in [5.74, 6) is 1.96. The molecule has 4 heterocycles. The van der Waals surface area contributed by atoms with Gasteiger partial charge in [-0.25, -0.2) is 9.97 Å². The summed E-state index contributed by atoms with van der Waals surface area (Å²) in [4.78, 5) is 18.5. The molecule has 1 fully saturated rings. The molecule has 1 aliphatic heterocycles. The van der Waals surface area contributed by atoms with Gasteiger partial charge in [0.05, 0.1) is 18.7 Å². The third kappa shape index (κ3) is 3.83. The van der Waals surface area contributed by atoms with E-state index in [1.807, 2.05) is 48.5 Å². The van der Waals surface area contributed by atoms with Crippen LogP contribution in [0.1, 0.15) is 0 Å². The first-order chi connectivity index (χ1) is 14.3. The molecule has 0 aliphatic carbocycles. The Balaban J connectivity index is 1.31. The van der Waals surface area contributed by atoms with Crippen LogP contribution in [-0.2, 0) is 4.74 Å². The normalized spacial score (nSPS) is 14.1. The Kier molecular flexibility index (Phi) is 4.67. The number of imidazole rings is 1. The van der Waals surface area contributed by atoms with Gasteiger partial charge in [-0.3, -0.25) is 0 Å². The molecule has 3 aromatic heterocycles. The number of H-pyrrole nitrogens is 1. The van der Waals surface area contributed by atoms with Crippen molar-refractivity contribution >= 4 is 28.5 Å². The van der Waals surface area contributed by atoms with Crippen LogP contribution in [0.15, 0.2) is 60.9 Å². The van der Waals surface area contributed by atoms with E-state index in [2.05, 4.69) is 30.2 Å². The first kappa shape index (κ1) is 17.4. The first-order valence-corrected chi connectivity index (χ1v) is 9.48. The molecule has 0 unspecified atom stereocenters. The van der Waals surface area contributed by atoms with Crippen LogP contribution in [0.5, 0.6) is 11.6 Å². The van der Waals surface area contributed by atoms with Crippen LogP contribution in [0.3, 0.4) is 0 Å². The summed E-state index contributed by atoms with van der Waals surface area (Å²) in [7, 11) is 0. The summed E-state index contributed by atoms with van der Waals surface area (Å²) in [5.41, 5.74) is 3.44. The highest BCUT2D eigenvalue weighted by atomic mass is 16.5. The molecular formula is C21H20N6O2. The van der Waals surface area contributed by atoms with Crippen LogP contribution < -0.4 is 15.0 Å². The Morgan fingerprint density at radius 3 is 2.59 bits per heavy atom. The lowest BCUT2D eigenvalue weighted by molar-refractivity contribution is 0.122. The molecule has 4 aromatic rings. The number of pyridine rings is 2. The molecule has 5 rings (SSSR count). The Labute approximate surface area is 167 Å². The number of benzene rings is 1. The average molecular weight is 388 g/mol. The predicted molar refractivity (Wildman–Crippen MR) is 111 cm³/mol. The minimum Gasteiger partial charge on any atom is -0.437 e. The molecule has 146 valence electrons. The molecule has 0 spiro atoms. The number of ether oxygens (including phenoxy) is 2. The molecule has 0 radical (unpaired) electrons. The molecule has 1 saturated heterocycles. The molecule has 8 nitrogen and oxygen atoms in total. The molecule has 0 bridgehead atoms. The van der Waals surface area contributed by atoms with Gasteiger partial charge >= 0.3 is 0 Å². The van der Waals surface area contributed by atoms with Crippen LogP contribution in [-0.4, -0.2) is 46.2 Å². The number of hydrogen-bond acceptors (Lipinski definition) is 7. The lowest BCUT2D eigenvalue weighted by Crippen LogP contribution is -2.36. The van der Waals surface area contributed by atoms with Crippen LogP contribution in [0.25, 0.3) is 11.2 Å². The van der Waals surface area contributed by atoms with E-state index in [0.717, 1.165) is 35.7 Å². The van der Waals surface area contributed by atoms with E-state index in [1.165, 1.54) is 0 Å². The van der Waals surface area contributed by atoms with Crippen LogP contribution in [0, 0.1) is 0 Å². The van der Waals surface area contributed by atoms with Gasteiger partial charge in [0, 0.05) is 31.2 Å². The standard InChI is InChI=1S/C21H20N6O2/c1-3-17-19(22-9-1)26-21(25-17)24-15-5-7-16(8-6-15)29-20-18(4-2-10-23-20)27-11-13-28-14-12-27/h1-10H,11-14H2,(H2,22,24,25,26). The largest absolute Gasteiger partial charge is 0.437 e. The topological polar surface area (TPSA) is 88.2 Å². The summed E-state index contributed by atoms with van der Waals surface area (Å²) in [6, 6.07) is 15.4. The minimum absolute atomic E-state index is 0.596. The van der Waals surface area contributed by atoms with Crippen molar-refractivity contribution in [2.45, 2.75) is 0 Å². The van der Waals surface area contributed by atoms with Crippen molar-refractivity contribution in [3.05, 3.63) is 60.9 Å². The molecule has 29 heavy (non-hydrogen) atoms. The van der Waals surface area contributed by atoms with E-state index in [-0.39, 0.29) is 0 Å². The smallest absolute Gasteiger partial charge is 0.243 e. The fourth-order valence-electron chi connectivity index (χ4n) is 3.26. The first-order valence-electron chi connectivity index (χ1n) is 9.48. The number of morpholine rings is 1. The molecular weight excluding hydrogens is 368 g/mol. The number of aromatic amines is 1. The lowest BCUT2D eigenvalue weighted by Gasteiger charge is -2.29. The van der Waals surface area contributed by atoms with Crippen molar-refractivity contribution < 1.29 is 9.47 Å². The molecule has 0 saturated carbocycles. The highest BCUT2D eigenvalue weighted by Crippen LogP contribution is 2.31. The Morgan fingerprint density at radius 1 is 0.966 bits per heavy atom. The second-order valence-electron chi connectivity index (χ2n) is 6.64. The van der Waals surface area contributed by atoms with E-state index in [9.17, 15) is 0 Å². The highest BCUT2D eigenvalue weighted by Gasteiger charge is 2.16. The van der Waals surface area contributed by atoms with Gasteiger partial charge in [0.1, 0.15) is 11.4 Å². The summed E-state index contributed by atoms with van der Waals surface area (Å²) < 4.78 is 11.5. The number of hydrogen-bond donors (Lipinski definition) is 2. The summed E-state index contributed by atoms with van der Waals surface area (Å²) in [6.45, 7) is 3.09. The number of fused-ring (bicyclic) bond motifs is 1. The van der Waals surface area contributed by atoms with Gasteiger partial charge in [-0.15, -0.1) is 0 Å². The quantitative estimate of drug-likeness (QED) is 0.539. The Bertz CT molecular complexity index is 1070. The van der Waals surface area contributed by atoms with Crippen LogP contribution in [0.2, 0.25) is 0 Å². The second kappa shape index (κ2) is 7.76. The van der Waals surface area contributed by atoms with Gasteiger partial charge in [0.25, 0.3) is 0 Å². The van der Waals surface area contributed by atoms with E-state index in [4.69, 9.17) is 9.47 Å². The van der Waals surface area contributed by atoms with Crippen molar-refractivity contribution in [1.82, 2.24) is 19.9 Å². The fraction of sp³-hybridized carbons (Fsp3) is 0.190. The van der Waals surface area contributed by atoms with Crippen molar-refractivity contribution in [3.63, 3.8) is 0 Å². The maximum absolute atomic E-state index is 6.06. The Hall–Kier alpha value is -3.65. The molecule has 1 aliphatic rings. The van der Waals surface area contributed by atoms with Crippen molar-refractivity contribution in [1.29, 1.82) is 0 Å². The lowest BCUT2D eigenvalue weighted by atomic mass is 10.3. The minimum atomic E-state index is 0.596. The van der Waals surface area contributed by atoms with E-state index in [1.54, 1.807) is 12.4 Å². The van der Waals surface area contributed by atoms with E-state index in [0.29, 0.717) is 30.7 Å². The van der Waals surface area contributed by atoms with E-state index >= 15 is 0 Å². The number of aromatic nitrogens is 4. The third-order valence-electron chi connectivity index (χ3n) is 4.69. The van der Waals surface area contributed by atoms with Crippen LogP contribution in [0.4, 0.5) is 17.3 Å². The third-order valence-corrected chi connectivity index (χ3v) is 4.69. The Morgan fingerprint density at radius 2 is 1.76 bits per heavy atom. The fourth-order valence-corrected chi connectivity index (χ4v) is 3.26. The maximum atomic E-state index is 6.06. The molecule has 1 aromatic carbocycles. The van der Waals surface area contributed by atoms with Gasteiger partial charge in [0.15, 0.2) is 5.65 Å². The SMILES string of the molecule is c1cnc(Oc2ccc(Nc3nc4ncccc4[nH]3)cc2)c(N2CCOCC2)c1. The number of anilines is 3. The number of nitrogens with one attached hydrogen (secondary N) is 2. The van der Waals surface area contributed by atoms with Gasteiger partial charge in [-0.1, -0.05) is 0 Å². The predicted octanol–water partition coefficient (Wildman–Crippen LogP) is 3.73. The van der Waals surface area contributed by atoms with Gasteiger partial charge in [-0.05, 0) is 48.5 Å². The van der Waals surface area contributed by atoms with Gasteiger partial charge < -0.3 is 24.7 Å². The number of rotatable bonds is 5. The summed E-state index contributed by atoms with van der Waals surface area (Å²) in [6.07, 6.45) is 3.46. The zero-order chi connectivity index (χ0) is 19.5. The molecule has 0 atom stereocenters. The van der Waals surface area contributed by atoms with Crippen molar-refractivity contribution in [2.75, 3.05) is 36.5 Å². The summed E-state index contributed by atoms with van der Waals surface area (Å²) in [5, 5.41) is 3.25. The van der Waals surface area contributed by atoms with Crippen molar-refractivity contribution in [3.8, 4) is 11.6 Å². The maximum Gasteiger partial charge on any atom is 0.243 e. The monoisotopic (exact) mass is 388 g/mol.